The van der Waals surface area contributed by atoms with Crippen LogP contribution in [0.1, 0.15) is 20.8 Å². The number of carbonyl (C=O) groups excluding carboxylic acids is 1. The molecule has 0 saturated carbocycles. The van der Waals surface area contributed by atoms with Gasteiger partial charge in [-0.05, 0) is 24.6 Å². The Morgan fingerprint density at radius 1 is 1.55 bits per heavy atom. The van der Waals surface area contributed by atoms with Crippen LogP contribution in [-0.4, -0.2) is 18.1 Å². The molecule has 2 rings (SSSR count). The van der Waals surface area contributed by atoms with Gasteiger partial charge < -0.3 is 10.1 Å². The van der Waals surface area contributed by atoms with Crippen LogP contribution in [0.2, 0.25) is 4.47 Å². The van der Waals surface area contributed by atoms with E-state index in [1.54, 1.807) is 12.3 Å². The number of carbonyl (C=O) groups is 1. The summed E-state index contributed by atoms with van der Waals surface area (Å²) in [5.41, 5.74) is 2.24. The number of nitrogens with one attached hydrogen (secondary N) is 1. The van der Waals surface area contributed by atoms with Gasteiger partial charge in [-0.3, -0.25) is 0 Å². The van der Waals surface area contributed by atoms with Crippen molar-refractivity contribution in [1.82, 2.24) is 4.98 Å². The predicted octanol–water partition coefficient (Wildman–Crippen LogP) is 4.27. The number of anilines is 1. The lowest BCUT2D eigenvalue weighted by Crippen LogP contribution is -2.07. The fraction of sp³-hybridized carbons (Fsp3) is 0.231. The van der Waals surface area contributed by atoms with Crippen molar-refractivity contribution in [2.24, 2.45) is 0 Å². The molecule has 2 aromatic rings. The molecular weight excluding hydrogens is 364 g/mol. The molecule has 20 heavy (non-hydrogen) atoms. The highest BCUT2D eigenvalue weighted by atomic mass is 79.9. The SMILES string of the molecule is COC(=O)c1cc(Br)cc(NCc2cnc(Cl)s2)c1C. The molecule has 0 bridgehead atoms. The number of aromatic nitrogens is 1. The Kier molecular flexibility index (Phi) is 5.01. The van der Waals surface area contributed by atoms with Gasteiger partial charge in [0.1, 0.15) is 0 Å². The largest absolute Gasteiger partial charge is 0.465 e. The van der Waals surface area contributed by atoms with Gasteiger partial charge in [-0.2, -0.15) is 0 Å². The van der Waals surface area contributed by atoms with Crippen molar-refractivity contribution >= 4 is 50.5 Å². The molecular formula is C13H12BrClN2O2S. The predicted molar refractivity (Wildman–Crippen MR) is 84.7 cm³/mol. The molecule has 1 aromatic heterocycles. The molecule has 0 atom stereocenters. The third-order valence-electron chi connectivity index (χ3n) is 2.76. The van der Waals surface area contributed by atoms with Gasteiger partial charge in [-0.15, -0.1) is 11.3 Å². The van der Waals surface area contributed by atoms with Crippen molar-refractivity contribution in [2.45, 2.75) is 13.5 Å². The Balaban J connectivity index is 2.23. The summed E-state index contributed by atoms with van der Waals surface area (Å²) < 4.78 is 6.11. The maximum Gasteiger partial charge on any atom is 0.338 e. The topological polar surface area (TPSA) is 51.2 Å². The monoisotopic (exact) mass is 374 g/mol. The molecule has 1 heterocycles. The van der Waals surface area contributed by atoms with E-state index < -0.39 is 0 Å². The summed E-state index contributed by atoms with van der Waals surface area (Å²) in [6.45, 7) is 2.48. The van der Waals surface area contributed by atoms with Crippen LogP contribution in [0.4, 0.5) is 5.69 Å². The lowest BCUT2D eigenvalue weighted by Gasteiger charge is -2.12. The number of esters is 1. The van der Waals surface area contributed by atoms with Gasteiger partial charge in [0.15, 0.2) is 4.47 Å². The minimum Gasteiger partial charge on any atom is -0.465 e. The number of ether oxygens (including phenoxy) is 1. The van der Waals surface area contributed by atoms with Crippen LogP contribution in [0.3, 0.4) is 0 Å². The highest BCUT2D eigenvalue weighted by Crippen LogP contribution is 2.27. The van der Waals surface area contributed by atoms with Crippen molar-refractivity contribution < 1.29 is 9.53 Å². The quantitative estimate of drug-likeness (QED) is 0.811. The smallest absolute Gasteiger partial charge is 0.338 e. The zero-order valence-corrected chi connectivity index (χ0v) is 14.0. The molecule has 7 heteroatoms. The number of methoxy groups -OCH3 is 1. The van der Waals surface area contributed by atoms with Crippen molar-refractivity contribution in [3.05, 3.63) is 43.3 Å². The molecule has 0 aliphatic rings. The van der Waals surface area contributed by atoms with Crippen LogP contribution in [0.25, 0.3) is 0 Å². The van der Waals surface area contributed by atoms with Gasteiger partial charge in [0.05, 0.1) is 19.2 Å². The van der Waals surface area contributed by atoms with E-state index in [2.05, 4.69) is 26.2 Å². The molecule has 0 unspecified atom stereocenters. The summed E-state index contributed by atoms with van der Waals surface area (Å²) in [5.74, 6) is -0.354. The minimum atomic E-state index is -0.354. The Bertz CT molecular complexity index is 645. The third-order valence-corrected chi connectivity index (χ3v) is 4.33. The number of thiazole rings is 1. The van der Waals surface area contributed by atoms with E-state index in [1.165, 1.54) is 18.4 Å². The summed E-state index contributed by atoms with van der Waals surface area (Å²) >= 11 is 10.6. The van der Waals surface area contributed by atoms with E-state index in [0.717, 1.165) is 20.6 Å². The van der Waals surface area contributed by atoms with Crippen LogP contribution in [0, 0.1) is 6.92 Å². The zero-order valence-electron chi connectivity index (χ0n) is 10.9. The summed E-state index contributed by atoms with van der Waals surface area (Å²) in [5, 5.41) is 3.28. The first-order valence-corrected chi connectivity index (χ1v) is 7.72. The second-order valence-corrected chi connectivity index (χ2v) is 6.66. The maximum atomic E-state index is 11.7. The van der Waals surface area contributed by atoms with E-state index in [4.69, 9.17) is 16.3 Å². The second kappa shape index (κ2) is 6.56. The third kappa shape index (κ3) is 3.50. The molecule has 0 amide bonds. The van der Waals surface area contributed by atoms with Gasteiger partial charge in [-0.25, -0.2) is 9.78 Å². The lowest BCUT2D eigenvalue weighted by atomic mass is 10.1. The van der Waals surface area contributed by atoms with E-state index in [9.17, 15) is 4.79 Å². The standard InChI is InChI=1S/C13H12BrClN2O2S/c1-7-10(12(18)19-2)3-8(14)4-11(7)16-5-9-6-17-13(15)20-9/h3-4,6,16H,5H2,1-2H3. The number of hydrogen-bond donors (Lipinski definition) is 1. The Labute approximate surface area is 134 Å². The molecule has 0 spiro atoms. The van der Waals surface area contributed by atoms with Crippen LogP contribution in [0.15, 0.2) is 22.8 Å². The van der Waals surface area contributed by atoms with Gasteiger partial charge in [0.2, 0.25) is 0 Å². The highest BCUT2D eigenvalue weighted by molar-refractivity contribution is 9.10. The van der Waals surface area contributed by atoms with Crippen LogP contribution in [0.5, 0.6) is 0 Å². The summed E-state index contributed by atoms with van der Waals surface area (Å²) in [7, 11) is 1.37. The fourth-order valence-corrected chi connectivity index (χ4v) is 3.11. The zero-order chi connectivity index (χ0) is 14.7. The van der Waals surface area contributed by atoms with Crippen LogP contribution < -0.4 is 5.32 Å². The van der Waals surface area contributed by atoms with Crippen molar-refractivity contribution in [1.29, 1.82) is 0 Å². The second-order valence-electron chi connectivity index (χ2n) is 4.05. The molecule has 4 nitrogen and oxygen atoms in total. The summed E-state index contributed by atoms with van der Waals surface area (Å²) in [4.78, 5) is 16.7. The number of nitrogens with zero attached hydrogens (tertiary/aromatic N) is 1. The van der Waals surface area contributed by atoms with Crippen molar-refractivity contribution in [2.75, 3.05) is 12.4 Å². The summed E-state index contributed by atoms with van der Waals surface area (Å²) in [6, 6.07) is 3.67. The summed E-state index contributed by atoms with van der Waals surface area (Å²) in [6.07, 6.45) is 1.73. The van der Waals surface area contributed by atoms with E-state index in [1.807, 2.05) is 13.0 Å². The first kappa shape index (κ1) is 15.3. The van der Waals surface area contributed by atoms with Gasteiger partial charge >= 0.3 is 5.97 Å². The highest BCUT2D eigenvalue weighted by Gasteiger charge is 2.14. The first-order valence-electron chi connectivity index (χ1n) is 5.73. The fourth-order valence-electron chi connectivity index (χ4n) is 1.73. The van der Waals surface area contributed by atoms with Gasteiger partial charge in [0, 0.05) is 21.2 Å². The Hall–Kier alpha value is -1.11. The normalized spacial score (nSPS) is 10.4. The minimum absolute atomic E-state index is 0.354. The van der Waals surface area contributed by atoms with Crippen LogP contribution in [-0.2, 0) is 11.3 Å². The van der Waals surface area contributed by atoms with Crippen molar-refractivity contribution in [3.63, 3.8) is 0 Å². The first-order chi connectivity index (χ1) is 9.51. The molecule has 0 aliphatic carbocycles. The number of hydrogen-bond acceptors (Lipinski definition) is 5. The molecule has 0 saturated heterocycles. The number of benzene rings is 1. The van der Waals surface area contributed by atoms with E-state index in [-0.39, 0.29) is 5.97 Å². The maximum absolute atomic E-state index is 11.7. The van der Waals surface area contributed by atoms with E-state index in [0.29, 0.717) is 16.6 Å². The molecule has 1 aromatic carbocycles. The molecule has 0 fully saturated rings. The molecule has 1 N–H and O–H groups in total. The number of halogens is 2. The number of rotatable bonds is 4. The van der Waals surface area contributed by atoms with Crippen molar-refractivity contribution in [3.8, 4) is 0 Å². The lowest BCUT2D eigenvalue weighted by molar-refractivity contribution is 0.0600. The average Bonchev–Trinajstić information content (AvgIpc) is 2.84. The molecule has 0 radical (unpaired) electrons. The van der Waals surface area contributed by atoms with E-state index >= 15 is 0 Å². The Morgan fingerprint density at radius 2 is 2.30 bits per heavy atom. The molecule has 106 valence electrons. The molecule has 0 aliphatic heterocycles. The average molecular weight is 376 g/mol. The van der Waals surface area contributed by atoms with Gasteiger partial charge in [0.25, 0.3) is 0 Å². The van der Waals surface area contributed by atoms with Gasteiger partial charge in [-0.1, -0.05) is 27.5 Å². The Morgan fingerprint density at radius 3 is 2.90 bits per heavy atom. The van der Waals surface area contributed by atoms with Crippen LogP contribution >= 0.6 is 38.9 Å².